The lowest BCUT2D eigenvalue weighted by molar-refractivity contribution is -0.138. The second-order valence-electron chi connectivity index (χ2n) is 10.1. The van der Waals surface area contributed by atoms with Crippen LogP contribution >= 0.6 is 0 Å². The Morgan fingerprint density at radius 1 is 1.16 bits per heavy atom. The zero-order valence-corrected chi connectivity index (χ0v) is 19.0. The predicted octanol–water partition coefficient (Wildman–Crippen LogP) is 4.63. The lowest BCUT2D eigenvalue weighted by Gasteiger charge is -2.46. The molecule has 2 aliphatic rings. The first kappa shape index (κ1) is 24.1. The maximum absolute atomic E-state index is 13.5. The fraction of sp³-hybridized carbons (Fsp3) is 0.708. The molecule has 7 heteroatoms. The highest BCUT2D eigenvalue weighted by molar-refractivity contribution is 5.88. The van der Waals surface area contributed by atoms with E-state index in [-0.39, 0.29) is 11.4 Å². The number of carbonyl (C=O) groups excluding carboxylic acids is 1. The summed E-state index contributed by atoms with van der Waals surface area (Å²) in [6.45, 7) is 11.9. The molecule has 2 saturated heterocycles. The molecule has 4 nitrogen and oxygen atoms in total. The van der Waals surface area contributed by atoms with Crippen molar-refractivity contribution < 1.29 is 22.7 Å². The van der Waals surface area contributed by atoms with E-state index in [1.165, 1.54) is 12.5 Å². The second kappa shape index (κ2) is 9.10. The molecule has 0 aliphatic carbocycles. The van der Waals surface area contributed by atoms with Crippen LogP contribution in [0.2, 0.25) is 0 Å². The van der Waals surface area contributed by atoms with Gasteiger partial charge in [0, 0.05) is 38.4 Å². The fourth-order valence-electron chi connectivity index (χ4n) is 5.09. The van der Waals surface area contributed by atoms with E-state index in [9.17, 15) is 18.0 Å². The Morgan fingerprint density at radius 3 is 2.35 bits per heavy atom. The van der Waals surface area contributed by atoms with Gasteiger partial charge in [-0.2, -0.15) is 13.2 Å². The molecule has 31 heavy (non-hydrogen) atoms. The summed E-state index contributed by atoms with van der Waals surface area (Å²) < 4.78 is 45.4. The van der Waals surface area contributed by atoms with Crippen molar-refractivity contribution in [2.24, 2.45) is 11.8 Å². The molecule has 1 aromatic carbocycles. The van der Waals surface area contributed by atoms with Crippen LogP contribution < -0.4 is 5.32 Å². The van der Waals surface area contributed by atoms with E-state index in [1.807, 2.05) is 0 Å². The van der Waals surface area contributed by atoms with Gasteiger partial charge in [0.2, 0.25) is 5.91 Å². The third kappa shape index (κ3) is 5.43. The van der Waals surface area contributed by atoms with Crippen LogP contribution in [0.5, 0.6) is 0 Å². The topological polar surface area (TPSA) is 41.6 Å². The molecule has 0 radical (unpaired) electrons. The van der Waals surface area contributed by atoms with E-state index in [4.69, 9.17) is 4.74 Å². The van der Waals surface area contributed by atoms with Gasteiger partial charge in [-0.1, -0.05) is 32.0 Å². The molecule has 2 atom stereocenters. The van der Waals surface area contributed by atoms with E-state index in [1.54, 1.807) is 6.07 Å². The van der Waals surface area contributed by atoms with Crippen molar-refractivity contribution in [1.29, 1.82) is 0 Å². The zero-order valence-electron chi connectivity index (χ0n) is 19.0. The molecule has 2 heterocycles. The van der Waals surface area contributed by atoms with Crippen LogP contribution in [0.15, 0.2) is 24.3 Å². The van der Waals surface area contributed by atoms with Crippen LogP contribution in [-0.4, -0.2) is 49.2 Å². The van der Waals surface area contributed by atoms with Crippen molar-refractivity contribution in [2.75, 3.05) is 32.8 Å². The number of rotatable bonds is 5. The molecule has 1 amide bonds. The highest BCUT2D eigenvalue weighted by Crippen LogP contribution is 2.38. The van der Waals surface area contributed by atoms with Gasteiger partial charge in [-0.25, -0.2) is 0 Å². The summed E-state index contributed by atoms with van der Waals surface area (Å²) in [4.78, 5) is 15.9. The van der Waals surface area contributed by atoms with E-state index in [0.29, 0.717) is 50.0 Å². The monoisotopic (exact) mass is 440 g/mol. The molecule has 2 fully saturated rings. The average Bonchev–Trinajstić information content (AvgIpc) is 2.71. The molecule has 0 spiro atoms. The summed E-state index contributed by atoms with van der Waals surface area (Å²) in [6, 6.07) is 5.21. The Balaban J connectivity index is 1.79. The van der Waals surface area contributed by atoms with Gasteiger partial charge in [0.25, 0.3) is 0 Å². The summed E-state index contributed by atoms with van der Waals surface area (Å²) in [6.07, 6.45) is -2.49. The number of hydrogen-bond acceptors (Lipinski definition) is 3. The Kier molecular flexibility index (Phi) is 7.06. The first-order chi connectivity index (χ1) is 14.4. The molecule has 174 valence electrons. The molecule has 0 bridgehead atoms. The third-order valence-electron chi connectivity index (χ3n) is 6.93. The first-order valence-electron chi connectivity index (χ1n) is 11.2. The van der Waals surface area contributed by atoms with Gasteiger partial charge < -0.3 is 10.1 Å². The summed E-state index contributed by atoms with van der Waals surface area (Å²) in [7, 11) is 0. The zero-order chi connectivity index (χ0) is 22.9. The third-order valence-corrected chi connectivity index (χ3v) is 6.93. The van der Waals surface area contributed by atoms with Gasteiger partial charge in [0.1, 0.15) is 0 Å². The molecular weight excluding hydrogens is 405 g/mol. The number of ether oxygens (including phenoxy) is 1. The molecule has 2 aliphatic heterocycles. The minimum absolute atomic E-state index is 0.207. The van der Waals surface area contributed by atoms with Gasteiger partial charge >= 0.3 is 6.18 Å². The maximum atomic E-state index is 13.5. The van der Waals surface area contributed by atoms with Gasteiger partial charge in [-0.15, -0.1) is 0 Å². The largest absolute Gasteiger partial charge is 0.416 e. The van der Waals surface area contributed by atoms with Gasteiger partial charge in [0.05, 0.1) is 11.0 Å². The van der Waals surface area contributed by atoms with Crippen molar-refractivity contribution in [1.82, 2.24) is 10.2 Å². The van der Waals surface area contributed by atoms with E-state index < -0.39 is 17.2 Å². The Labute approximate surface area is 183 Å². The van der Waals surface area contributed by atoms with E-state index >= 15 is 0 Å². The number of benzene rings is 1. The molecule has 3 rings (SSSR count). The lowest BCUT2D eigenvalue weighted by atomic mass is 9.72. The minimum Gasteiger partial charge on any atom is -0.381 e. The summed E-state index contributed by atoms with van der Waals surface area (Å²) in [5.41, 5.74) is -1.54. The van der Waals surface area contributed by atoms with Crippen LogP contribution in [0.25, 0.3) is 0 Å². The number of amides is 1. The molecule has 0 saturated carbocycles. The minimum atomic E-state index is -4.44. The number of carbonyl (C=O) groups is 1. The number of hydrogen-bond donors (Lipinski definition) is 1. The highest BCUT2D eigenvalue weighted by Gasteiger charge is 2.44. The highest BCUT2D eigenvalue weighted by atomic mass is 19.4. The quantitative estimate of drug-likeness (QED) is 0.726. The number of nitrogens with one attached hydrogen (secondary N) is 1. The molecular formula is C24H35F3N2O2. The van der Waals surface area contributed by atoms with Crippen LogP contribution in [-0.2, 0) is 21.1 Å². The Hall–Kier alpha value is -1.60. The summed E-state index contributed by atoms with van der Waals surface area (Å²) >= 11 is 0. The Bertz CT molecular complexity index is 762. The summed E-state index contributed by atoms with van der Waals surface area (Å²) in [5, 5.41) is 3.10. The molecule has 2 unspecified atom stereocenters. The van der Waals surface area contributed by atoms with Crippen LogP contribution in [0.3, 0.4) is 0 Å². The molecule has 1 N–H and O–H groups in total. The summed E-state index contributed by atoms with van der Waals surface area (Å²) in [5.74, 6) is 0.998. The van der Waals surface area contributed by atoms with Crippen molar-refractivity contribution in [3.05, 3.63) is 35.4 Å². The molecule has 0 aromatic heterocycles. The maximum Gasteiger partial charge on any atom is 0.416 e. The van der Waals surface area contributed by atoms with Crippen molar-refractivity contribution in [3.8, 4) is 0 Å². The van der Waals surface area contributed by atoms with Crippen LogP contribution in [0.4, 0.5) is 13.2 Å². The smallest absolute Gasteiger partial charge is 0.381 e. The number of alkyl halides is 3. The number of halogens is 3. The fourth-order valence-corrected chi connectivity index (χ4v) is 5.09. The van der Waals surface area contributed by atoms with Gasteiger partial charge in [0.15, 0.2) is 0 Å². The normalized spacial score (nSPS) is 25.3. The standard InChI is InChI=1S/C24H35F3N2O2/c1-17-12-18(2)15-29(14-17)22(3,4)16-28-21(30)23(8-10-31-11-9-23)19-6-5-7-20(13-19)24(25,26)27/h5-7,13,17-18H,8-12,14-16H2,1-4H3,(H,28,30). The predicted molar refractivity (Wildman–Crippen MR) is 115 cm³/mol. The van der Waals surface area contributed by atoms with E-state index in [0.717, 1.165) is 25.2 Å². The number of likely N-dealkylation sites (tertiary alicyclic amines) is 1. The van der Waals surface area contributed by atoms with E-state index in [2.05, 4.69) is 37.9 Å². The first-order valence-corrected chi connectivity index (χ1v) is 11.2. The molecule has 1 aromatic rings. The van der Waals surface area contributed by atoms with Crippen LogP contribution in [0.1, 0.15) is 58.1 Å². The van der Waals surface area contributed by atoms with Crippen molar-refractivity contribution in [3.63, 3.8) is 0 Å². The van der Waals surface area contributed by atoms with Gasteiger partial charge in [-0.3, -0.25) is 9.69 Å². The van der Waals surface area contributed by atoms with Crippen molar-refractivity contribution >= 4 is 5.91 Å². The Morgan fingerprint density at radius 2 is 1.77 bits per heavy atom. The lowest BCUT2D eigenvalue weighted by Crippen LogP contribution is -2.58. The average molecular weight is 441 g/mol. The second-order valence-corrected chi connectivity index (χ2v) is 10.1. The SMILES string of the molecule is CC1CC(C)CN(C(C)(C)CNC(=O)C2(c3cccc(C(F)(F)F)c3)CCOCC2)C1. The van der Waals surface area contributed by atoms with Gasteiger partial charge in [-0.05, 0) is 56.6 Å². The van der Waals surface area contributed by atoms with Crippen molar-refractivity contribution in [2.45, 2.75) is 64.1 Å². The van der Waals surface area contributed by atoms with Crippen LogP contribution in [0, 0.1) is 11.8 Å². The number of nitrogens with zero attached hydrogens (tertiary/aromatic N) is 1. The number of piperidine rings is 1.